The second-order valence-corrected chi connectivity index (χ2v) is 14.5. The number of rotatable bonds is 10. The summed E-state index contributed by atoms with van der Waals surface area (Å²) in [4.78, 5) is 2.31. The molecule has 0 aromatic heterocycles. The van der Waals surface area contributed by atoms with Crippen LogP contribution in [0.2, 0.25) is 0 Å². The first-order chi connectivity index (χ1) is 15.0. The summed E-state index contributed by atoms with van der Waals surface area (Å²) in [6, 6.07) is 6.73. The van der Waals surface area contributed by atoms with E-state index < -0.39 is 10.0 Å². The molecule has 8 heteroatoms. The molecule has 1 atom stereocenters. The van der Waals surface area contributed by atoms with Gasteiger partial charge in [-0.1, -0.05) is 44.0 Å². The Bertz CT molecular complexity index is 782. The Morgan fingerprint density at radius 2 is 1.69 bits per heavy atom. The Hall–Kier alpha value is -1.35. The van der Waals surface area contributed by atoms with Crippen molar-refractivity contribution in [3.05, 3.63) is 41.6 Å². The number of para-hydroxylation sites is 1. The minimum absolute atomic E-state index is 0.0685. The predicted octanol–water partition coefficient (Wildman–Crippen LogP) is 4.36. The van der Waals surface area contributed by atoms with Crippen LogP contribution in [0.25, 0.3) is 0 Å². The van der Waals surface area contributed by atoms with E-state index in [-0.39, 0.29) is 6.04 Å². The van der Waals surface area contributed by atoms with Crippen molar-refractivity contribution < 1.29 is 0 Å². The van der Waals surface area contributed by atoms with E-state index in [2.05, 4.69) is 117 Å². The fourth-order valence-electron chi connectivity index (χ4n) is 3.87. The molecule has 1 aromatic carbocycles. The number of hydrogen-bond donors (Lipinski definition) is 0. The minimum Gasteiger partial charge on any atom is -0.329 e. The SMILES string of the molecule is CCc1cccc(CC)c1N(C)/C(=N\N(C)N(CCS(C)(C)C)SC)C1C=CN(C)N1C. The molecule has 1 aliphatic rings. The molecule has 0 saturated heterocycles. The van der Waals surface area contributed by atoms with Gasteiger partial charge in [-0.05, 0) is 60.8 Å². The van der Waals surface area contributed by atoms with Crippen LogP contribution >= 0.6 is 22.0 Å². The maximum Gasteiger partial charge on any atom is 0.154 e. The van der Waals surface area contributed by atoms with Gasteiger partial charge in [-0.2, -0.15) is 0 Å². The number of hydrazine groups is 2. The van der Waals surface area contributed by atoms with Crippen LogP contribution in [0.4, 0.5) is 5.69 Å². The molecule has 0 amide bonds. The highest BCUT2D eigenvalue weighted by Gasteiger charge is 2.31. The molecular weight excluding hydrogens is 436 g/mol. The summed E-state index contributed by atoms with van der Waals surface area (Å²) in [5.74, 6) is 2.21. The van der Waals surface area contributed by atoms with Crippen molar-refractivity contribution in [3.63, 3.8) is 0 Å². The molecule has 0 bridgehead atoms. The van der Waals surface area contributed by atoms with Gasteiger partial charge in [0.05, 0.1) is 0 Å². The molecule has 0 N–H and O–H groups in total. The summed E-state index contributed by atoms with van der Waals surface area (Å²) in [7, 11) is 7.87. The molecule has 1 aliphatic heterocycles. The zero-order valence-electron chi connectivity index (χ0n) is 21.8. The van der Waals surface area contributed by atoms with E-state index in [9.17, 15) is 0 Å². The normalized spacial score (nSPS) is 18.0. The number of nitrogens with zero attached hydrogens (tertiary/aromatic N) is 6. The van der Waals surface area contributed by atoms with Crippen LogP contribution in [0, 0.1) is 0 Å². The Labute approximate surface area is 202 Å². The molecule has 0 aliphatic carbocycles. The number of aryl methyl sites for hydroxylation is 2. The zero-order valence-corrected chi connectivity index (χ0v) is 23.4. The van der Waals surface area contributed by atoms with Crippen molar-refractivity contribution in [1.82, 2.24) is 19.5 Å². The number of benzene rings is 1. The number of hydrazone groups is 1. The lowest BCUT2D eigenvalue weighted by molar-refractivity contribution is 0.0906. The van der Waals surface area contributed by atoms with Crippen LogP contribution in [-0.4, -0.2) is 96.9 Å². The average molecular weight is 481 g/mol. The molecule has 6 nitrogen and oxygen atoms in total. The zero-order chi connectivity index (χ0) is 24.1. The average Bonchev–Trinajstić information content (AvgIpc) is 3.08. The van der Waals surface area contributed by atoms with E-state index in [1.54, 1.807) is 11.9 Å². The summed E-state index contributed by atoms with van der Waals surface area (Å²) < 4.78 is 2.26. The van der Waals surface area contributed by atoms with Gasteiger partial charge < -0.3 is 9.91 Å². The Balaban J connectivity index is 2.49. The van der Waals surface area contributed by atoms with Crippen molar-refractivity contribution in [1.29, 1.82) is 0 Å². The van der Waals surface area contributed by atoms with E-state index >= 15 is 0 Å². The van der Waals surface area contributed by atoms with Gasteiger partial charge >= 0.3 is 0 Å². The molecule has 1 heterocycles. The van der Waals surface area contributed by atoms with Crippen molar-refractivity contribution in [2.24, 2.45) is 5.10 Å². The van der Waals surface area contributed by atoms with E-state index in [1.165, 1.54) is 22.6 Å². The van der Waals surface area contributed by atoms with Crippen molar-refractivity contribution in [3.8, 4) is 0 Å². The van der Waals surface area contributed by atoms with E-state index in [0.29, 0.717) is 0 Å². The number of amidine groups is 1. The first kappa shape index (κ1) is 26.9. The lowest BCUT2D eigenvalue weighted by Gasteiger charge is -2.36. The summed E-state index contributed by atoms with van der Waals surface area (Å²) in [6.07, 6.45) is 15.6. The molecule has 182 valence electrons. The maximum atomic E-state index is 5.21. The van der Waals surface area contributed by atoms with Crippen LogP contribution in [-0.2, 0) is 12.8 Å². The second-order valence-electron chi connectivity index (χ2n) is 9.13. The van der Waals surface area contributed by atoms with Crippen LogP contribution in [0.3, 0.4) is 0 Å². The molecule has 0 fully saturated rings. The van der Waals surface area contributed by atoms with Crippen LogP contribution in [0.1, 0.15) is 25.0 Å². The predicted molar refractivity (Wildman–Crippen MR) is 148 cm³/mol. The summed E-state index contributed by atoms with van der Waals surface area (Å²) in [6.45, 7) is 5.45. The number of hydrogen-bond acceptors (Lipinski definition) is 6. The fourth-order valence-corrected chi connectivity index (χ4v) is 5.26. The quantitative estimate of drug-likeness (QED) is 0.214. The highest BCUT2D eigenvalue weighted by molar-refractivity contribution is 8.32. The first-order valence-electron chi connectivity index (χ1n) is 11.3. The summed E-state index contributed by atoms with van der Waals surface area (Å²) in [5, 5.41) is 11.6. The Kier molecular flexibility index (Phi) is 9.82. The topological polar surface area (TPSA) is 28.6 Å². The molecule has 1 unspecified atom stereocenters. The second kappa shape index (κ2) is 11.7. The van der Waals surface area contributed by atoms with Gasteiger partial charge in [0, 0.05) is 46.6 Å². The summed E-state index contributed by atoms with van der Waals surface area (Å²) >= 11 is 1.73. The maximum absolute atomic E-state index is 5.21. The first-order valence-corrected chi connectivity index (χ1v) is 15.5. The molecule has 2 rings (SSSR count). The smallest absolute Gasteiger partial charge is 0.154 e. The van der Waals surface area contributed by atoms with Crippen LogP contribution < -0.4 is 4.90 Å². The molecule has 32 heavy (non-hydrogen) atoms. The van der Waals surface area contributed by atoms with Gasteiger partial charge in [-0.25, -0.2) is 20.2 Å². The Morgan fingerprint density at radius 3 is 2.12 bits per heavy atom. The standard InChI is InChI=1S/C24H44N6S2/c1-11-20-14-13-15-21(12-2)23(20)27(4)24(22-16-17-26(3)28(22)5)25-29(6)30(31-7)18-19-32(8,9)10/h13-17,22H,11-12,18-19H2,1-10H3/b25-24-. The number of likely N-dealkylation sites (N-methyl/N-ethyl adjacent to an activating group) is 2. The largest absolute Gasteiger partial charge is 0.329 e. The molecule has 0 radical (unpaired) electrons. The Morgan fingerprint density at radius 1 is 1.09 bits per heavy atom. The van der Waals surface area contributed by atoms with Gasteiger partial charge in [-0.15, -0.1) is 9.52 Å². The third-order valence-corrected chi connectivity index (χ3v) is 8.22. The third-order valence-electron chi connectivity index (χ3n) is 5.97. The van der Waals surface area contributed by atoms with E-state index in [1.807, 2.05) is 5.12 Å². The minimum atomic E-state index is -0.567. The van der Waals surface area contributed by atoms with Gasteiger partial charge in [0.15, 0.2) is 5.84 Å². The molecule has 1 aromatic rings. The molecule has 0 spiro atoms. The molecular formula is C24H44N6S2. The van der Waals surface area contributed by atoms with Crippen molar-refractivity contribution in [2.75, 3.05) is 70.4 Å². The highest BCUT2D eigenvalue weighted by Crippen LogP contribution is 2.35. The van der Waals surface area contributed by atoms with Gasteiger partial charge in [-0.3, -0.25) is 0 Å². The molecule has 0 saturated carbocycles. The highest BCUT2D eigenvalue weighted by atomic mass is 32.3. The monoisotopic (exact) mass is 480 g/mol. The summed E-state index contributed by atoms with van der Waals surface area (Å²) in [5.41, 5.74) is 4.01. The van der Waals surface area contributed by atoms with Crippen LogP contribution in [0.5, 0.6) is 0 Å². The lowest BCUT2D eigenvalue weighted by atomic mass is 10.0. The lowest BCUT2D eigenvalue weighted by Crippen LogP contribution is -2.48. The third kappa shape index (κ3) is 6.59. The fraction of sp³-hybridized carbons (Fsp3) is 0.625. The van der Waals surface area contributed by atoms with Gasteiger partial charge in [0.2, 0.25) is 0 Å². The van der Waals surface area contributed by atoms with Crippen molar-refractivity contribution in [2.45, 2.75) is 32.7 Å². The van der Waals surface area contributed by atoms with Gasteiger partial charge in [0.25, 0.3) is 0 Å². The van der Waals surface area contributed by atoms with Gasteiger partial charge in [0.1, 0.15) is 6.04 Å². The van der Waals surface area contributed by atoms with Crippen molar-refractivity contribution >= 4 is 33.5 Å². The number of anilines is 1. The van der Waals surface area contributed by atoms with E-state index in [4.69, 9.17) is 5.10 Å². The van der Waals surface area contributed by atoms with E-state index in [0.717, 1.165) is 25.2 Å². The van der Waals surface area contributed by atoms with Crippen LogP contribution in [0.15, 0.2) is 35.6 Å².